The smallest absolute Gasteiger partial charge is 0.277 e. The highest BCUT2D eigenvalue weighted by Gasteiger charge is 2.44. The van der Waals surface area contributed by atoms with Gasteiger partial charge in [-0.25, -0.2) is 4.98 Å². The second-order valence-electron chi connectivity index (χ2n) is 5.20. The first kappa shape index (κ1) is 12.8. The van der Waals surface area contributed by atoms with E-state index in [-0.39, 0.29) is 11.6 Å². The van der Waals surface area contributed by atoms with E-state index in [0.717, 1.165) is 0 Å². The number of β-amino-alcohol motifs (C(OH)–C–C–N with tert-alkyl or cyclic N) is 1. The summed E-state index contributed by atoms with van der Waals surface area (Å²) in [7, 11) is 0. The SMILES string of the molecule is Cc1cnc(N2CC(O)(C(C)C)C2)cc1[N+](=O)[O-]. The molecule has 1 saturated heterocycles. The lowest BCUT2D eigenvalue weighted by molar-refractivity contribution is -0.385. The minimum Gasteiger partial charge on any atom is -0.386 e. The van der Waals surface area contributed by atoms with E-state index in [1.54, 1.807) is 6.92 Å². The van der Waals surface area contributed by atoms with Gasteiger partial charge in [0, 0.05) is 11.8 Å². The minimum absolute atomic E-state index is 0.0694. The number of anilines is 1. The van der Waals surface area contributed by atoms with Crippen molar-refractivity contribution in [1.29, 1.82) is 0 Å². The number of aliphatic hydroxyl groups is 1. The maximum absolute atomic E-state index is 10.8. The van der Waals surface area contributed by atoms with E-state index >= 15 is 0 Å². The lowest BCUT2D eigenvalue weighted by atomic mass is 9.83. The van der Waals surface area contributed by atoms with Gasteiger partial charge in [0.1, 0.15) is 11.4 Å². The summed E-state index contributed by atoms with van der Waals surface area (Å²) in [6, 6.07) is 1.47. The molecule has 0 saturated carbocycles. The summed E-state index contributed by atoms with van der Waals surface area (Å²) < 4.78 is 0. The van der Waals surface area contributed by atoms with Gasteiger partial charge in [-0.2, -0.15) is 0 Å². The largest absolute Gasteiger partial charge is 0.386 e. The van der Waals surface area contributed by atoms with Crippen LogP contribution in [-0.4, -0.2) is 33.7 Å². The van der Waals surface area contributed by atoms with Gasteiger partial charge in [0.15, 0.2) is 0 Å². The van der Waals surface area contributed by atoms with Gasteiger partial charge in [-0.3, -0.25) is 10.1 Å². The van der Waals surface area contributed by atoms with Crippen LogP contribution in [0.5, 0.6) is 0 Å². The van der Waals surface area contributed by atoms with Crippen LogP contribution in [0.25, 0.3) is 0 Å². The van der Waals surface area contributed by atoms with Gasteiger partial charge < -0.3 is 10.0 Å². The quantitative estimate of drug-likeness (QED) is 0.650. The molecule has 6 nitrogen and oxygen atoms in total. The molecular formula is C12H17N3O3. The predicted octanol–water partition coefficient (Wildman–Crippen LogP) is 1.51. The Kier molecular flexibility index (Phi) is 2.98. The molecule has 0 amide bonds. The predicted molar refractivity (Wildman–Crippen MR) is 67.6 cm³/mol. The summed E-state index contributed by atoms with van der Waals surface area (Å²) in [5.41, 5.74) is -0.0928. The van der Waals surface area contributed by atoms with Crippen LogP contribution in [-0.2, 0) is 0 Å². The summed E-state index contributed by atoms with van der Waals surface area (Å²) >= 11 is 0. The molecule has 1 N–H and O–H groups in total. The molecule has 0 aliphatic carbocycles. The second kappa shape index (κ2) is 4.20. The molecule has 18 heavy (non-hydrogen) atoms. The molecule has 0 bridgehead atoms. The minimum atomic E-state index is -0.707. The number of rotatable bonds is 3. The lowest BCUT2D eigenvalue weighted by Gasteiger charge is -2.49. The molecule has 2 heterocycles. The normalized spacial score (nSPS) is 17.7. The first-order chi connectivity index (χ1) is 8.33. The fourth-order valence-corrected chi connectivity index (χ4v) is 2.01. The summed E-state index contributed by atoms with van der Waals surface area (Å²) in [6.07, 6.45) is 1.50. The summed E-state index contributed by atoms with van der Waals surface area (Å²) in [6.45, 7) is 6.52. The molecule has 0 spiro atoms. The van der Waals surface area contributed by atoms with Gasteiger partial charge >= 0.3 is 0 Å². The van der Waals surface area contributed by atoms with Gasteiger partial charge in [0.05, 0.1) is 24.1 Å². The standard InChI is InChI=1S/C12H17N3O3/c1-8(2)12(16)6-14(7-12)11-4-10(15(17)18)9(3)5-13-11/h4-5,8,16H,6-7H2,1-3H3. The Hall–Kier alpha value is -1.69. The zero-order valence-electron chi connectivity index (χ0n) is 10.8. The van der Waals surface area contributed by atoms with E-state index in [1.807, 2.05) is 18.7 Å². The number of pyridine rings is 1. The Morgan fingerprint density at radius 3 is 2.67 bits per heavy atom. The van der Waals surface area contributed by atoms with Crippen molar-refractivity contribution in [3.63, 3.8) is 0 Å². The molecule has 0 aromatic carbocycles. The van der Waals surface area contributed by atoms with Gasteiger partial charge in [0.2, 0.25) is 0 Å². The van der Waals surface area contributed by atoms with Crippen molar-refractivity contribution in [2.24, 2.45) is 5.92 Å². The molecule has 0 atom stereocenters. The highest BCUT2D eigenvalue weighted by molar-refractivity contribution is 5.53. The fraction of sp³-hybridized carbons (Fsp3) is 0.583. The molecule has 98 valence electrons. The van der Waals surface area contributed by atoms with Crippen LogP contribution in [0.4, 0.5) is 11.5 Å². The highest BCUT2D eigenvalue weighted by atomic mass is 16.6. The molecule has 2 rings (SSSR count). The third-order valence-corrected chi connectivity index (χ3v) is 3.59. The van der Waals surface area contributed by atoms with Crippen LogP contribution in [0.3, 0.4) is 0 Å². The number of hydrogen-bond donors (Lipinski definition) is 1. The fourth-order valence-electron chi connectivity index (χ4n) is 2.01. The van der Waals surface area contributed by atoms with Crippen LogP contribution in [0, 0.1) is 23.0 Å². The zero-order valence-corrected chi connectivity index (χ0v) is 10.8. The van der Waals surface area contributed by atoms with Crippen molar-refractivity contribution >= 4 is 11.5 Å². The van der Waals surface area contributed by atoms with Crippen molar-refractivity contribution in [3.05, 3.63) is 27.9 Å². The first-order valence-electron chi connectivity index (χ1n) is 5.92. The Bertz CT molecular complexity index is 481. The number of hydrogen-bond acceptors (Lipinski definition) is 5. The Morgan fingerprint density at radius 1 is 1.56 bits per heavy atom. The monoisotopic (exact) mass is 251 g/mol. The molecule has 0 radical (unpaired) electrons. The van der Waals surface area contributed by atoms with E-state index in [2.05, 4.69) is 4.98 Å². The van der Waals surface area contributed by atoms with E-state index in [9.17, 15) is 15.2 Å². The van der Waals surface area contributed by atoms with Gasteiger partial charge in [0.25, 0.3) is 5.69 Å². The van der Waals surface area contributed by atoms with Crippen molar-refractivity contribution in [1.82, 2.24) is 4.98 Å². The number of nitro groups is 1. The molecule has 1 aromatic heterocycles. The molecule has 1 aliphatic rings. The van der Waals surface area contributed by atoms with Gasteiger partial charge in [-0.05, 0) is 12.8 Å². The van der Waals surface area contributed by atoms with Crippen molar-refractivity contribution in [2.45, 2.75) is 26.4 Å². The van der Waals surface area contributed by atoms with Gasteiger partial charge in [-0.15, -0.1) is 0 Å². The van der Waals surface area contributed by atoms with E-state index in [1.165, 1.54) is 12.3 Å². The summed E-state index contributed by atoms with van der Waals surface area (Å²) in [5, 5.41) is 21.0. The van der Waals surface area contributed by atoms with Crippen LogP contribution < -0.4 is 4.90 Å². The average molecular weight is 251 g/mol. The van der Waals surface area contributed by atoms with E-state index < -0.39 is 10.5 Å². The molecule has 1 aromatic rings. The van der Waals surface area contributed by atoms with Crippen LogP contribution in [0.15, 0.2) is 12.3 Å². The topological polar surface area (TPSA) is 79.5 Å². The number of aryl methyl sites for hydroxylation is 1. The van der Waals surface area contributed by atoms with Crippen LogP contribution >= 0.6 is 0 Å². The highest BCUT2D eigenvalue weighted by Crippen LogP contribution is 2.33. The molecule has 0 unspecified atom stereocenters. The van der Waals surface area contributed by atoms with Crippen molar-refractivity contribution in [2.75, 3.05) is 18.0 Å². The average Bonchev–Trinajstić information content (AvgIpc) is 2.25. The lowest BCUT2D eigenvalue weighted by Crippen LogP contribution is -2.65. The maximum atomic E-state index is 10.8. The molecule has 1 aliphatic heterocycles. The zero-order chi connectivity index (χ0) is 13.5. The maximum Gasteiger partial charge on any atom is 0.277 e. The van der Waals surface area contributed by atoms with Crippen LogP contribution in [0.1, 0.15) is 19.4 Å². The number of nitrogens with zero attached hydrogens (tertiary/aromatic N) is 3. The Morgan fingerprint density at radius 2 is 2.17 bits per heavy atom. The van der Waals surface area contributed by atoms with Crippen molar-refractivity contribution in [3.8, 4) is 0 Å². The van der Waals surface area contributed by atoms with Gasteiger partial charge in [-0.1, -0.05) is 13.8 Å². The second-order valence-corrected chi connectivity index (χ2v) is 5.20. The van der Waals surface area contributed by atoms with E-state index in [4.69, 9.17) is 0 Å². The molecular weight excluding hydrogens is 234 g/mol. The first-order valence-corrected chi connectivity index (χ1v) is 5.92. The molecule has 1 fully saturated rings. The number of aromatic nitrogens is 1. The summed E-state index contributed by atoms with van der Waals surface area (Å²) in [5.74, 6) is 0.715. The van der Waals surface area contributed by atoms with Crippen LogP contribution in [0.2, 0.25) is 0 Å². The third-order valence-electron chi connectivity index (χ3n) is 3.59. The van der Waals surface area contributed by atoms with E-state index in [0.29, 0.717) is 24.5 Å². The third kappa shape index (κ3) is 2.03. The Balaban J connectivity index is 2.18. The summed E-state index contributed by atoms with van der Waals surface area (Å²) in [4.78, 5) is 16.5. The Labute approximate surface area is 105 Å². The molecule has 6 heteroatoms. The van der Waals surface area contributed by atoms with Crippen molar-refractivity contribution < 1.29 is 10.0 Å².